The standard InChI is InChI=1S/C15H14ClN3O5/c16-8-4-7-14(11-5-2-1-3-6-11)24-15-13(19(22)23)9-12(10-17-15)18(20)21/h1-3,5-6,9-10,14H,4,7-8H2. The molecule has 2 aromatic rings. The van der Waals surface area contributed by atoms with Crippen LogP contribution in [0.4, 0.5) is 11.4 Å². The zero-order valence-electron chi connectivity index (χ0n) is 12.5. The molecule has 1 atom stereocenters. The van der Waals surface area contributed by atoms with E-state index in [0.717, 1.165) is 17.8 Å². The van der Waals surface area contributed by atoms with Crippen LogP contribution in [0.5, 0.6) is 5.88 Å². The van der Waals surface area contributed by atoms with Crippen LogP contribution in [-0.4, -0.2) is 20.7 Å². The lowest BCUT2D eigenvalue weighted by Crippen LogP contribution is -2.10. The Morgan fingerprint density at radius 3 is 2.46 bits per heavy atom. The number of nitro groups is 2. The van der Waals surface area contributed by atoms with Crippen LogP contribution in [0.3, 0.4) is 0 Å². The van der Waals surface area contributed by atoms with Crippen molar-refractivity contribution in [2.24, 2.45) is 0 Å². The van der Waals surface area contributed by atoms with Crippen molar-refractivity contribution in [2.75, 3.05) is 5.88 Å². The van der Waals surface area contributed by atoms with Crippen LogP contribution in [0.2, 0.25) is 0 Å². The summed E-state index contributed by atoms with van der Waals surface area (Å²) in [6, 6.07) is 9.99. The predicted octanol–water partition coefficient (Wildman–Crippen LogP) is 4.04. The van der Waals surface area contributed by atoms with Crippen molar-refractivity contribution in [2.45, 2.75) is 18.9 Å². The van der Waals surface area contributed by atoms with Gasteiger partial charge in [0, 0.05) is 5.88 Å². The highest BCUT2D eigenvalue weighted by Crippen LogP contribution is 2.33. The zero-order chi connectivity index (χ0) is 17.5. The first kappa shape index (κ1) is 17.6. The maximum absolute atomic E-state index is 11.2. The molecule has 0 radical (unpaired) electrons. The summed E-state index contributed by atoms with van der Waals surface area (Å²) < 4.78 is 5.70. The van der Waals surface area contributed by atoms with Gasteiger partial charge < -0.3 is 4.74 Å². The fraction of sp³-hybridized carbons (Fsp3) is 0.267. The molecule has 9 heteroatoms. The van der Waals surface area contributed by atoms with E-state index in [1.165, 1.54) is 0 Å². The molecule has 0 aliphatic carbocycles. The molecule has 0 saturated heterocycles. The van der Waals surface area contributed by atoms with Gasteiger partial charge in [0.1, 0.15) is 18.4 Å². The highest BCUT2D eigenvalue weighted by Gasteiger charge is 2.25. The van der Waals surface area contributed by atoms with Crippen LogP contribution in [0.1, 0.15) is 24.5 Å². The SMILES string of the molecule is O=[N+]([O-])c1cnc(OC(CCCCl)c2ccccc2)c([N+](=O)[O-])c1. The van der Waals surface area contributed by atoms with Crippen molar-refractivity contribution < 1.29 is 14.6 Å². The van der Waals surface area contributed by atoms with Crippen LogP contribution >= 0.6 is 11.6 Å². The Bertz CT molecular complexity index is 726. The fourth-order valence-corrected chi connectivity index (χ4v) is 2.26. The number of hydrogen-bond acceptors (Lipinski definition) is 6. The molecule has 0 aliphatic heterocycles. The summed E-state index contributed by atoms with van der Waals surface area (Å²) in [4.78, 5) is 24.2. The van der Waals surface area contributed by atoms with Gasteiger partial charge in [-0.15, -0.1) is 11.6 Å². The van der Waals surface area contributed by atoms with Crippen molar-refractivity contribution in [3.8, 4) is 5.88 Å². The molecule has 126 valence electrons. The minimum Gasteiger partial charge on any atom is -0.465 e. The van der Waals surface area contributed by atoms with E-state index in [4.69, 9.17) is 16.3 Å². The van der Waals surface area contributed by atoms with Crippen molar-refractivity contribution in [1.29, 1.82) is 0 Å². The Hall–Kier alpha value is -2.74. The lowest BCUT2D eigenvalue weighted by molar-refractivity contribution is -0.395. The summed E-state index contributed by atoms with van der Waals surface area (Å²) in [5, 5.41) is 21.9. The molecule has 1 aromatic heterocycles. The topological polar surface area (TPSA) is 108 Å². The van der Waals surface area contributed by atoms with E-state index in [1.807, 2.05) is 30.3 Å². The molecule has 24 heavy (non-hydrogen) atoms. The smallest absolute Gasteiger partial charge is 0.337 e. The highest BCUT2D eigenvalue weighted by atomic mass is 35.5. The molecule has 0 amide bonds. The first-order valence-electron chi connectivity index (χ1n) is 7.09. The van der Waals surface area contributed by atoms with Gasteiger partial charge in [-0.25, -0.2) is 4.98 Å². The molecule has 0 fully saturated rings. The molecule has 2 rings (SSSR count). The van der Waals surface area contributed by atoms with Gasteiger partial charge in [-0.1, -0.05) is 30.3 Å². The second-order valence-corrected chi connectivity index (χ2v) is 5.26. The Morgan fingerprint density at radius 2 is 1.88 bits per heavy atom. The Morgan fingerprint density at radius 1 is 1.17 bits per heavy atom. The second-order valence-electron chi connectivity index (χ2n) is 4.88. The second kappa shape index (κ2) is 8.21. The zero-order valence-corrected chi connectivity index (χ0v) is 13.3. The van der Waals surface area contributed by atoms with Crippen LogP contribution in [0, 0.1) is 20.2 Å². The molecule has 0 N–H and O–H groups in total. The Labute approximate surface area is 142 Å². The van der Waals surface area contributed by atoms with Crippen molar-refractivity contribution in [3.05, 3.63) is 68.4 Å². The number of alkyl halides is 1. The third-order valence-electron chi connectivity index (χ3n) is 3.25. The minimum atomic E-state index is -0.751. The molecule has 1 heterocycles. The average Bonchev–Trinajstić information content (AvgIpc) is 2.59. The van der Waals surface area contributed by atoms with Gasteiger partial charge in [-0.2, -0.15) is 0 Å². The van der Waals surface area contributed by atoms with Gasteiger partial charge in [0.2, 0.25) is 0 Å². The van der Waals surface area contributed by atoms with Gasteiger partial charge >= 0.3 is 5.69 Å². The van der Waals surface area contributed by atoms with Crippen LogP contribution in [-0.2, 0) is 0 Å². The molecule has 0 saturated carbocycles. The van der Waals surface area contributed by atoms with Gasteiger partial charge in [0.15, 0.2) is 0 Å². The normalized spacial score (nSPS) is 11.7. The van der Waals surface area contributed by atoms with E-state index in [0.29, 0.717) is 18.7 Å². The summed E-state index contributed by atoms with van der Waals surface area (Å²) >= 11 is 5.72. The molecule has 1 unspecified atom stereocenters. The number of nitrogens with zero attached hydrogens (tertiary/aromatic N) is 3. The van der Waals surface area contributed by atoms with E-state index in [9.17, 15) is 20.2 Å². The Balaban J connectivity index is 2.34. The molecule has 0 spiro atoms. The maximum Gasteiger partial charge on any atom is 0.337 e. The number of pyridine rings is 1. The summed E-state index contributed by atoms with van der Waals surface area (Å²) in [5.74, 6) is 0.164. The average molecular weight is 352 g/mol. The van der Waals surface area contributed by atoms with E-state index in [2.05, 4.69) is 4.98 Å². The number of hydrogen-bond donors (Lipinski definition) is 0. The summed E-state index contributed by atoms with van der Waals surface area (Å²) in [5.41, 5.74) is -0.195. The summed E-state index contributed by atoms with van der Waals surface area (Å²) in [7, 11) is 0. The van der Waals surface area contributed by atoms with Gasteiger partial charge in [0.05, 0.1) is 9.85 Å². The van der Waals surface area contributed by atoms with Crippen molar-refractivity contribution in [3.63, 3.8) is 0 Å². The van der Waals surface area contributed by atoms with Crippen LogP contribution in [0.15, 0.2) is 42.6 Å². The van der Waals surface area contributed by atoms with Crippen molar-refractivity contribution >= 4 is 23.0 Å². The lowest BCUT2D eigenvalue weighted by atomic mass is 10.1. The first-order chi connectivity index (χ1) is 11.5. The van der Waals surface area contributed by atoms with Gasteiger partial charge in [-0.05, 0) is 18.4 Å². The lowest BCUT2D eigenvalue weighted by Gasteiger charge is -2.18. The number of benzene rings is 1. The van der Waals surface area contributed by atoms with Crippen LogP contribution in [0.25, 0.3) is 0 Å². The van der Waals surface area contributed by atoms with Gasteiger partial charge in [-0.3, -0.25) is 20.2 Å². The summed E-state index contributed by atoms with van der Waals surface area (Å²) in [6.07, 6.45) is 1.62. The fourth-order valence-electron chi connectivity index (χ4n) is 2.11. The molecule has 8 nitrogen and oxygen atoms in total. The van der Waals surface area contributed by atoms with E-state index < -0.39 is 27.3 Å². The monoisotopic (exact) mass is 351 g/mol. The minimum absolute atomic E-state index is 0.256. The third kappa shape index (κ3) is 4.39. The highest BCUT2D eigenvalue weighted by molar-refractivity contribution is 6.17. The van der Waals surface area contributed by atoms with E-state index in [-0.39, 0.29) is 5.88 Å². The van der Waals surface area contributed by atoms with E-state index in [1.54, 1.807) is 0 Å². The first-order valence-corrected chi connectivity index (χ1v) is 7.62. The predicted molar refractivity (Wildman–Crippen MR) is 87.3 cm³/mol. The molecule has 0 bridgehead atoms. The molecular weight excluding hydrogens is 338 g/mol. The Kier molecular flexibility index (Phi) is 6.02. The number of ether oxygens (including phenoxy) is 1. The quantitative estimate of drug-likeness (QED) is 0.403. The molecular formula is C15H14ClN3O5. The van der Waals surface area contributed by atoms with Crippen molar-refractivity contribution in [1.82, 2.24) is 4.98 Å². The number of aromatic nitrogens is 1. The third-order valence-corrected chi connectivity index (χ3v) is 3.52. The number of rotatable bonds is 8. The number of halogens is 1. The summed E-state index contributed by atoms with van der Waals surface area (Å²) in [6.45, 7) is 0. The maximum atomic E-state index is 11.2. The van der Waals surface area contributed by atoms with E-state index >= 15 is 0 Å². The van der Waals surface area contributed by atoms with Gasteiger partial charge in [0.25, 0.3) is 11.6 Å². The largest absolute Gasteiger partial charge is 0.465 e. The van der Waals surface area contributed by atoms with Crippen LogP contribution < -0.4 is 4.74 Å². The molecule has 1 aromatic carbocycles. The molecule has 0 aliphatic rings.